The molecule has 0 bridgehead atoms. The number of hydrogen-bond donors (Lipinski definition) is 2. The van der Waals surface area contributed by atoms with E-state index in [2.05, 4.69) is 14.7 Å². The number of imidazole rings is 1. The average molecular weight is 236 g/mol. The van der Waals surface area contributed by atoms with E-state index >= 15 is 0 Å². The van der Waals surface area contributed by atoms with E-state index in [4.69, 9.17) is 10.9 Å². The molecule has 0 spiro atoms. The molecule has 0 aliphatic heterocycles. The fraction of sp³-hybridized carbons (Fsp3) is 0.667. The number of oxime groups is 1. The van der Waals surface area contributed by atoms with E-state index in [-0.39, 0.29) is 0 Å². The molecule has 5 heteroatoms. The average Bonchev–Trinajstić information content (AvgIpc) is 2.78. The molecule has 1 heterocycles. The molecule has 3 N–H and O–H groups in total. The van der Waals surface area contributed by atoms with Gasteiger partial charge in [0, 0.05) is 18.7 Å². The highest BCUT2D eigenvalue weighted by molar-refractivity contribution is 5.79. The molecule has 0 unspecified atom stereocenters. The number of amidine groups is 1. The maximum atomic E-state index is 8.42. The Balaban J connectivity index is 1.81. The van der Waals surface area contributed by atoms with Gasteiger partial charge >= 0.3 is 0 Å². The molecule has 5 nitrogen and oxygen atoms in total. The van der Waals surface area contributed by atoms with Crippen molar-refractivity contribution in [1.29, 1.82) is 0 Å². The molecule has 0 aromatic carbocycles. The van der Waals surface area contributed by atoms with E-state index in [0.29, 0.717) is 12.3 Å². The molecular weight excluding hydrogens is 216 g/mol. The van der Waals surface area contributed by atoms with Crippen molar-refractivity contribution < 1.29 is 5.21 Å². The predicted molar refractivity (Wildman–Crippen MR) is 66.1 cm³/mol. The first-order valence-corrected chi connectivity index (χ1v) is 6.30. The topological polar surface area (TPSA) is 76.4 Å². The van der Waals surface area contributed by atoms with E-state index in [1.807, 2.05) is 6.33 Å². The van der Waals surface area contributed by atoms with Crippen LogP contribution < -0.4 is 5.73 Å². The Morgan fingerprint density at radius 1 is 1.41 bits per heavy atom. The van der Waals surface area contributed by atoms with Crippen LogP contribution in [0.15, 0.2) is 11.5 Å². The van der Waals surface area contributed by atoms with E-state index in [0.717, 1.165) is 32.2 Å². The maximum absolute atomic E-state index is 8.42. The van der Waals surface area contributed by atoms with E-state index in [1.165, 1.54) is 24.2 Å². The zero-order chi connectivity index (χ0) is 12.1. The maximum Gasteiger partial charge on any atom is 0.139 e. The molecule has 1 aromatic heterocycles. The monoisotopic (exact) mass is 236 g/mol. The van der Waals surface area contributed by atoms with Crippen molar-refractivity contribution in [1.82, 2.24) is 9.55 Å². The van der Waals surface area contributed by atoms with Gasteiger partial charge < -0.3 is 15.5 Å². The summed E-state index contributed by atoms with van der Waals surface area (Å²) in [6.07, 6.45) is 9.45. The van der Waals surface area contributed by atoms with Crippen LogP contribution in [0.5, 0.6) is 0 Å². The number of hydrogen-bond acceptors (Lipinski definition) is 3. The molecule has 2 rings (SSSR count). The second kappa shape index (κ2) is 5.70. The fourth-order valence-corrected chi connectivity index (χ4v) is 2.36. The van der Waals surface area contributed by atoms with Crippen molar-refractivity contribution in [2.24, 2.45) is 10.9 Å². The van der Waals surface area contributed by atoms with Crippen LogP contribution in [0.3, 0.4) is 0 Å². The summed E-state index contributed by atoms with van der Waals surface area (Å²) < 4.78 is 2.26. The summed E-state index contributed by atoms with van der Waals surface area (Å²) in [5.74, 6) is 0.317. The zero-order valence-corrected chi connectivity index (χ0v) is 10.1. The van der Waals surface area contributed by atoms with Gasteiger partial charge in [0.25, 0.3) is 0 Å². The van der Waals surface area contributed by atoms with E-state index in [9.17, 15) is 0 Å². The van der Waals surface area contributed by atoms with Crippen molar-refractivity contribution in [3.63, 3.8) is 0 Å². The van der Waals surface area contributed by atoms with Crippen molar-refractivity contribution >= 4 is 5.84 Å². The number of unbranched alkanes of at least 4 members (excludes halogenated alkanes) is 1. The SMILES string of the molecule is NC(CCCCn1cnc2c1CCCC2)=NO. The number of aromatic nitrogens is 2. The van der Waals surface area contributed by atoms with Crippen molar-refractivity contribution in [2.75, 3.05) is 0 Å². The van der Waals surface area contributed by atoms with Gasteiger partial charge in [0.2, 0.25) is 0 Å². The molecular formula is C12H20N4O. The molecule has 0 radical (unpaired) electrons. The van der Waals surface area contributed by atoms with Gasteiger partial charge in [0.1, 0.15) is 5.84 Å². The molecule has 0 fully saturated rings. The summed E-state index contributed by atoms with van der Waals surface area (Å²) in [5.41, 5.74) is 8.13. The first-order chi connectivity index (χ1) is 8.31. The van der Waals surface area contributed by atoms with Gasteiger partial charge in [0.15, 0.2) is 0 Å². The number of fused-ring (bicyclic) bond motifs is 1. The lowest BCUT2D eigenvalue weighted by Gasteiger charge is -2.13. The van der Waals surface area contributed by atoms with Gasteiger partial charge in [-0.05, 0) is 38.5 Å². The summed E-state index contributed by atoms with van der Waals surface area (Å²) in [6, 6.07) is 0. The highest BCUT2D eigenvalue weighted by atomic mass is 16.4. The molecule has 1 aliphatic carbocycles. The van der Waals surface area contributed by atoms with Gasteiger partial charge in [-0.15, -0.1) is 0 Å². The van der Waals surface area contributed by atoms with Crippen LogP contribution in [0.1, 0.15) is 43.5 Å². The van der Waals surface area contributed by atoms with Crippen molar-refractivity contribution in [3.05, 3.63) is 17.7 Å². The lowest BCUT2D eigenvalue weighted by atomic mass is 10.0. The predicted octanol–water partition coefficient (Wildman–Crippen LogP) is 1.68. The van der Waals surface area contributed by atoms with Gasteiger partial charge in [-0.1, -0.05) is 5.16 Å². The lowest BCUT2D eigenvalue weighted by molar-refractivity contribution is 0.316. The molecule has 94 valence electrons. The number of rotatable bonds is 5. The Hall–Kier alpha value is -1.52. The summed E-state index contributed by atoms with van der Waals surface area (Å²) >= 11 is 0. The van der Waals surface area contributed by atoms with Crippen LogP contribution in [-0.4, -0.2) is 20.6 Å². The van der Waals surface area contributed by atoms with Crippen LogP contribution in [0, 0.1) is 0 Å². The normalized spacial score (nSPS) is 15.9. The Labute approximate surface area is 101 Å². The minimum Gasteiger partial charge on any atom is -0.409 e. The largest absolute Gasteiger partial charge is 0.409 e. The highest BCUT2D eigenvalue weighted by Gasteiger charge is 2.14. The summed E-state index contributed by atoms with van der Waals surface area (Å²) in [4.78, 5) is 4.46. The smallest absolute Gasteiger partial charge is 0.139 e. The third-order valence-electron chi connectivity index (χ3n) is 3.32. The summed E-state index contributed by atoms with van der Waals surface area (Å²) in [6.45, 7) is 0.987. The third kappa shape index (κ3) is 2.99. The Morgan fingerprint density at radius 3 is 3.06 bits per heavy atom. The van der Waals surface area contributed by atoms with Gasteiger partial charge in [-0.25, -0.2) is 4.98 Å². The quantitative estimate of drug-likeness (QED) is 0.268. The number of nitrogens with two attached hydrogens (primary N) is 1. The molecule has 0 atom stereocenters. The van der Waals surface area contributed by atoms with E-state index < -0.39 is 0 Å². The minimum atomic E-state index is 0.317. The van der Waals surface area contributed by atoms with Crippen molar-refractivity contribution in [2.45, 2.75) is 51.5 Å². The third-order valence-corrected chi connectivity index (χ3v) is 3.32. The highest BCUT2D eigenvalue weighted by Crippen LogP contribution is 2.20. The molecule has 17 heavy (non-hydrogen) atoms. The zero-order valence-electron chi connectivity index (χ0n) is 10.1. The first kappa shape index (κ1) is 12.0. The van der Waals surface area contributed by atoms with Crippen molar-refractivity contribution in [3.8, 4) is 0 Å². The molecule has 0 saturated heterocycles. The molecule has 0 amide bonds. The van der Waals surface area contributed by atoms with E-state index in [1.54, 1.807) is 0 Å². The Kier molecular flexibility index (Phi) is 4.01. The molecule has 0 saturated carbocycles. The second-order valence-electron chi connectivity index (χ2n) is 4.59. The van der Waals surface area contributed by atoms with Crippen LogP contribution in [0.4, 0.5) is 0 Å². The van der Waals surface area contributed by atoms with Crippen LogP contribution in [0.2, 0.25) is 0 Å². The van der Waals surface area contributed by atoms with Gasteiger partial charge in [0.05, 0.1) is 12.0 Å². The van der Waals surface area contributed by atoms with Crippen LogP contribution in [0.25, 0.3) is 0 Å². The summed E-state index contributed by atoms with van der Waals surface area (Å²) in [7, 11) is 0. The lowest BCUT2D eigenvalue weighted by Crippen LogP contribution is -2.12. The number of aryl methyl sites for hydroxylation is 2. The second-order valence-corrected chi connectivity index (χ2v) is 4.59. The van der Waals surface area contributed by atoms with Gasteiger partial charge in [-0.3, -0.25) is 0 Å². The Bertz CT molecular complexity index is 397. The summed E-state index contributed by atoms with van der Waals surface area (Å²) in [5, 5.41) is 11.4. The van der Waals surface area contributed by atoms with Gasteiger partial charge in [-0.2, -0.15) is 0 Å². The van der Waals surface area contributed by atoms with Crippen LogP contribution >= 0.6 is 0 Å². The number of nitrogens with zero attached hydrogens (tertiary/aromatic N) is 3. The molecule has 1 aromatic rings. The van der Waals surface area contributed by atoms with Crippen LogP contribution in [-0.2, 0) is 19.4 Å². The standard InChI is InChI=1S/C12H20N4O/c13-12(15-17)7-3-4-8-16-9-14-10-5-1-2-6-11(10)16/h9,17H,1-8H2,(H2,13,15). The fourth-order valence-electron chi connectivity index (χ4n) is 2.36. The minimum absolute atomic E-state index is 0.317. The Morgan fingerprint density at radius 2 is 2.24 bits per heavy atom. The molecule has 1 aliphatic rings. The first-order valence-electron chi connectivity index (χ1n) is 6.30.